The van der Waals surface area contributed by atoms with Crippen LogP contribution in [0.2, 0.25) is 0 Å². The lowest BCUT2D eigenvalue weighted by atomic mass is 10.2. The molecule has 4 aromatic rings. The Morgan fingerprint density at radius 1 is 1.03 bits per heavy atom. The highest BCUT2D eigenvalue weighted by atomic mass is 16.5. The number of carboxylic acid groups (broad SMARTS) is 1. The molecule has 0 aliphatic carbocycles. The van der Waals surface area contributed by atoms with Crippen LogP contribution >= 0.6 is 0 Å². The molecule has 0 amide bonds. The first-order valence-corrected chi connectivity index (χ1v) is 8.73. The van der Waals surface area contributed by atoms with E-state index in [0.29, 0.717) is 11.1 Å². The van der Waals surface area contributed by atoms with Crippen LogP contribution in [-0.2, 0) is 4.74 Å². The summed E-state index contributed by atoms with van der Waals surface area (Å²) in [5.41, 5.74) is -0.592. The van der Waals surface area contributed by atoms with E-state index in [1.165, 1.54) is 12.1 Å². The Labute approximate surface area is 187 Å². The quantitative estimate of drug-likeness (QED) is 0.509. The lowest BCUT2D eigenvalue weighted by molar-refractivity contribution is 0.0527. The highest BCUT2D eigenvalue weighted by molar-refractivity contribution is 5.98. The zero-order valence-corrected chi connectivity index (χ0v) is 16.3. The normalized spacial score (nSPS) is 16.4. The number of nitrogens with zero attached hydrogens (tertiary/aromatic N) is 4. The number of aromatic nitrogens is 4. The Bertz CT molecular complexity index is 1650. The fourth-order valence-corrected chi connectivity index (χ4v) is 2.68. The summed E-state index contributed by atoms with van der Waals surface area (Å²) in [6.07, 6.45) is -0.612. The zero-order chi connectivity index (χ0) is 30.5. The van der Waals surface area contributed by atoms with Crippen LogP contribution in [0.25, 0.3) is 11.0 Å². The van der Waals surface area contributed by atoms with Gasteiger partial charge in [0.1, 0.15) is 11.1 Å². The number of fused-ring (bicyclic) bond motifs is 2. The number of carbonyl (C=O) groups excluding carboxylic acids is 1. The number of hydrogen-bond acceptors (Lipinski definition) is 5. The van der Waals surface area contributed by atoms with Crippen molar-refractivity contribution in [3.05, 3.63) is 70.2 Å². The van der Waals surface area contributed by atoms with Crippen LogP contribution in [0, 0.1) is 27.6 Å². The molecule has 8 heteroatoms. The Morgan fingerprint density at radius 2 is 1.53 bits per heavy atom. The van der Waals surface area contributed by atoms with Gasteiger partial charge in [-0.05, 0) is 69.8 Å². The molecule has 4 aromatic heterocycles. The van der Waals surface area contributed by atoms with Crippen molar-refractivity contribution in [2.75, 3.05) is 6.61 Å². The number of esters is 1. The molecule has 0 saturated carbocycles. The molecule has 30 heavy (non-hydrogen) atoms. The predicted molar refractivity (Wildman–Crippen MR) is 112 cm³/mol. The largest absolute Gasteiger partial charge is 0.478 e. The second-order valence-corrected chi connectivity index (χ2v) is 6.20. The molecule has 1 N–H and O–H groups in total. The third-order valence-electron chi connectivity index (χ3n) is 3.96. The van der Waals surface area contributed by atoms with E-state index in [1.54, 1.807) is 20.8 Å². The van der Waals surface area contributed by atoms with Crippen LogP contribution in [0.5, 0.6) is 0 Å². The minimum absolute atomic E-state index is 0.0112. The fraction of sp³-hybridized carbons (Fsp3) is 0.273. The van der Waals surface area contributed by atoms with E-state index in [1.807, 2.05) is 0 Å². The Kier molecular flexibility index (Phi) is 3.20. The molecule has 0 bridgehead atoms. The standard InChI is InChI=1S/C12H14N2O2.C10H10N2O2/c1-4-16-12(15)11-9(3)13-14-6-5-8(2)7-10(11)14;1-6-3-4-12-8(5-6)9(10(13)14)7(2)11-12/h5-7H,4H2,1-3H3;3-5H,1-2H3,(H,13,14)/i3D3,5D,6D;2D3,3D,4D. The van der Waals surface area contributed by atoms with Gasteiger partial charge in [0.2, 0.25) is 0 Å². The SMILES string of the molecule is [2H]c1c(C)cc2c(C(=O)O)c(C([2H])([2H])[2H])nn2c1[2H].[2H]c1c(C)cc2c(C(=O)OCC)c(C([2H])([2H])[2H])nn2c1[2H]. The van der Waals surface area contributed by atoms with Crippen molar-refractivity contribution in [1.82, 2.24) is 19.2 Å². The maximum absolute atomic E-state index is 12.1. The Morgan fingerprint density at radius 3 is 2.00 bits per heavy atom. The van der Waals surface area contributed by atoms with Gasteiger partial charge in [0.05, 0.1) is 34.5 Å². The number of pyridine rings is 2. The van der Waals surface area contributed by atoms with E-state index >= 15 is 0 Å². The summed E-state index contributed by atoms with van der Waals surface area (Å²) >= 11 is 0. The highest BCUT2D eigenvalue weighted by Crippen LogP contribution is 2.18. The van der Waals surface area contributed by atoms with Gasteiger partial charge in [0.15, 0.2) is 0 Å². The number of hydrogen-bond donors (Lipinski definition) is 1. The van der Waals surface area contributed by atoms with Crippen LogP contribution in [0.15, 0.2) is 36.6 Å². The molecule has 4 heterocycles. The van der Waals surface area contributed by atoms with Crippen molar-refractivity contribution >= 4 is 23.0 Å². The molecule has 0 aromatic carbocycles. The second kappa shape index (κ2) is 8.36. The molecular formula is C22H24N4O4. The smallest absolute Gasteiger partial charge is 0.342 e. The molecule has 0 unspecified atom stereocenters. The van der Waals surface area contributed by atoms with Crippen molar-refractivity contribution in [3.63, 3.8) is 0 Å². The monoisotopic (exact) mass is 418 g/mol. The zero-order valence-electron chi connectivity index (χ0n) is 26.3. The van der Waals surface area contributed by atoms with Gasteiger partial charge in [-0.2, -0.15) is 10.2 Å². The number of carbonyl (C=O) groups is 2. The molecule has 156 valence electrons. The average molecular weight is 419 g/mol. The molecule has 0 spiro atoms. The van der Waals surface area contributed by atoms with Gasteiger partial charge in [-0.25, -0.2) is 18.6 Å². The molecule has 0 fully saturated rings. The van der Waals surface area contributed by atoms with E-state index < -0.39 is 42.6 Å². The molecule has 0 atom stereocenters. The summed E-state index contributed by atoms with van der Waals surface area (Å²) in [4.78, 5) is 23.3. The van der Waals surface area contributed by atoms with Crippen LogP contribution in [0.1, 0.15) is 63.9 Å². The minimum atomic E-state index is -2.69. The van der Waals surface area contributed by atoms with Crippen molar-refractivity contribution < 1.29 is 33.1 Å². The van der Waals surface area contributed by atoms with Gasteiger partial charge in [-0.1, -0.05) is 0 Å². The van der Waals surface area contributed by atoms with E-state index in [2.05, 4.69) is 10.2 Å². The van der Waals surface area contributed by atoms with Gasteiger partial charge >= 0.3 is 11.9 Å². The summed E-state index contributed by atoms with van der Waals surface area (Å²) < 4.78 is 82.1. The highest BCUT2D eigenvalue weighted by Gasteiger charge is 2.18. The predicted octanol–water partition coefficient (Wildman–Crippen LogP) is 3.78. The molecule has 8 nitrogen and oxygen atoms in total. The lowest BCUT2D eigenvalue weighted by Crippen LogP contribution is -2.05. The molecule has 4 rings (SSSR count). The van der Waals surface area contributed by atoms with Crippen molar-refractivity contribution in [3.8, 4) is 0 Å². The third-order valence-corrected chi connectivity index (χ3v) is 3.96. The second-order valence-electron chi connectivity index (χ2n) is 6.20. The number of aryl methyl sites for hydroxylation is 4. The first-order valence-electron chi connectivity index (χ1n) is 13.7. The van der Waals surface area contributed by atoms with Gasteiger partial charge in [-0.15, -0.1) is 0 Å². The summed E-state index contributed by atoms with van der Waals surface area (Å²) in [7, 11) is 0. The van der Waals surface area contributed by atoms with Gasteiger partial charge in [-0.3, -0.25) is 0 Å². The number of carboxylic acids is 1. The summed E-state index contributed by atoms with van der Waals surface area (Å²) in [5, 5.41) is 16.7. The van der Waals surface area contributed by atoms with Crippen molar-refractivity contribution in [2.24, 2.45) is 0 Å². The van der Waals surface area contributed by atoms with Gasteiger partial charge in [0, 0.05) is 20.6 Å². The van der Waals surface area contributed by atoms with Crippen LogP contribution < -0.4 is 0 Å². The summed E-state index contributed by atoms with van der Waals surface area (Å²) in [5.74, 6) is -2.21. The fourth-order valence-electron chi connectivity index (χ4n) is 2.68. The first-order chi connectivity index (χ1) is 18.3. The average Bonchev–Trinajstić information content (AvgIpc) is 3.41. The minimum Gasteiger partial charge on any atom is -0.478 e. The number of rotatable bonds is 3. The maximum atomic E-state index is 12.1. The molecule has 0 aliphatic heterocycles. The Balaban J connectivity index is 0.000000222. The van der Waals surface area contributed by atoms with E-state index in [9.17, 15) is 9.59 Å². The lowest BCUT2D eigenvalue weighted by Gasteiger charge is -2.01. The van der Waals surface area contributed by atoms with E-state index in [4.69, 9.17) is 23.6 Å². The van der Waals surface area contributed by atoms with Crippen molar-refractivity contribution in [2.45, 2.75) is 34.5 Å². The third kappa shape index (κ3) is 4.03. The van der Waals surface area contributed by atoms with E-state index in [-0.39, 0.29) is 47.6 Å². The Hall–Kier alpha value is -3.68. The first kappa shape index (κ1) is 11.5. The van der Waals surface area contributed by atoms with Crippen LogP contribution in [0.4, 0.5) is 0 Å². The summed E-state index contributed by atoms with van der Waals surface area (Å²) in [6, 6.07) is 2.63. The molecule has 0 aliphatic rings. The molecule has 0 saturated heterocycles. The van der Waals surface area contributed by atoms with Gasteiger partial charge < -0.3 is 9.84 Å². The molecular weight excluding hydrogens is 384 g/mol. The van der Waals surface area contributed by atoms with Crippen LogP contribution in [-0.4, -0.2) is 42.9 Å². The van der Waals surface area contributed by atoms with Crippen molar-refractivity contribution in [1.29, 1.82) is 0 Å². The van der Waals surface area contributed by atoms with Gasteiger partial charge in [0.25, 0.3) is 0 Å². The maximum Gasteiger partial charge on any atom is 0.342 e. The van der Waals surface area contributed by atoms with E-state index in [0.717, 1.165) is 9.03 Å². The molecule has 0 radical (unpaired) electrons. The summed E-state index contributed by atoms with van der Waals surface area (Å²) in [6.45, 7) is -0.439. The number of aromatic carboxylic acids is 1. The van der Waals surface area contributed by atoms with Crippen LogP contribution in [0.3, 0.4) is 0 Å². The number of ether oxygens (including phenoxy) is 1. The topological polar surface area (TPSA) is 98.2 Å².